The first-order chi connectivity index (χ1) is 13.2. The highest BCUT2D eigenvalue weighted by Crippen LogP contribution is 2.20. The van der Waals surface area contributed by atoms with E-state index in [2.05, 4.69) is 40.2 Å². The summed E-state index contributed by atoms with van der Waals surface area (Å²) in [5, 5.41) is 0. The van der Waals surface area contributed by atoms with Crippen molar-refractivity contribution in [1.82, 2.24) is 14.8 Å². The highest BCUT2D eigenvalue weighted by Gasteiger charge is 2.25. The molecule has 1 aliphatic heterocycles. The zero-order chi connectivity index (χ0) is 18.9. The Morgan fingerprint density at radius 1 is 1.22 bits per heavy atom. The van der Waals surface area contributed by atoms with E-state index in [1.54, 1.807) is 24.2 Å². The maximum Gasteiger partial charge on any atom is 0.232 e. The maximum absolute atomic E-state index is 12.6. The number of piperidine rings is 1. The van der Waals surface area contributed by atoms with Gasteiger partial charge in [0, 0.05) is 36.9 Å². The van der Waals surface area contributed by atoms with Crippen LogP contribution in [-0.4, -0.2) is 59.2 Å². The van der Waals surface area contributed by atoms with E-state index in [1.807, 2.05) is 24.1 Å². The Kier molecular flexibility index (Phi) is 7.72. The molecule has 2 heterocycles. The number of likely N-dealkylation sites (N-methyl/N-ethyl adjacent to an activating group) is 1. The van der Waals surface area contributed by atoms with E-state index >= 15 is 0 Å². The smallest absolute Gasteiger partial charge is 0.232 e. The highest BCUT2D eigenvalue weighted by molar-refractivity contribution is 8.00. The van der Waals surface area contributed by atoms with Crippen molar-refractivity contribution in [3.63, 3.8) is 0 Å². The van der Waals surface area contributed by atoms with Crippen LogP contribution in [0.5, 0.6) is 0 Å². The number of aromatic nitrogens is 1. The second kappa shape index (κ2) is 10.5. The minimum Gasteiger partial charge on any atom is -0.341 e. The summed E-state index contributed by atoms with van der Waals surface area (Å²) in [4.78, 5) is 22.2. The second-order valence-electron chi connectivity index (χ2n) is 7.16. The van der Waals surface area contributed by atoms with Crippen molar-refractivity contribution in [3.8, 4) is 0 Å². The van der Waals surface area contributed by atoms with Crippen molar-refractivity contribution in [2.45, 2.75) is 36.6 Å². The Hall–Kier alpha value is -1.85. The Morgan fingerprint density at radius 2 is 2.00 bits per heavy atom. The number of carbonyl (C=O) groups excluding carboxylic acids is 1. The molecule has 1 aliphatic rings. The molecule has 0 aliphatic carbocycles. The van der Waals surface area contributed by atoms with Gasteiger partial charge in [-0.3, -0.25) is 9.78 Å². The van der Waals surface area contributed by atoms with Gasteiger partial charge in [-0.1, -0.05) is 30.3 Å². The van der Waals surface area contributed by atoms with E-state index in [9.17, 15) is 4.79 Å². The number of thioether (sulfide) groups is 1. The fourth-order valence-corrected chi connectivity index (χ4v) is 4.39. The second-order valence-corrected chi connectivity index (χ2v) is 8.21. The summed E-state index contributed by atoms with van der Waals surface area (Å²) in [5.41, 5.74) is 1.41. The van der Waals surface area contributed by atoms with Gasteiger partial charge in [0.15, 0.2) is 0 Å². The number of aryl methyl sites for hydroxylation is 1. The quantitative estimate of drug-likeness (QED) is 0.651. The van der Waals surface area contributed by atoms with Crippen molar-refractivity contribution in [3.05, 3.63) is 60.4 Å². The van der Waals surface area contributed by atoms with Crippen LogP contribution in [0.25, 0.3) is 0 Å². The molecule has 1 aromatic carbocycles. The normalized spacial score (nSPS) is 17.6. The van der Waals surface area contributed by atoms with Crippen LogP contribution >= 0.6 is 11.8 Å². The molecule has 144 valence electrons. The lowest BCUT2D eigenvalue weighted by Gasteiger charge is -2.37. The van der Waals surface area contributed by atoms with Crippen LogP contribution < -0.4 is 0 Å². The topological polar surface area (TPSA) is 36.4 Å². The zero-order valence-electron chi connectivity index (χ0n) is 16.1. The van der Waals surface area contributed by atoms with Gasteiger partial charge in [-0.2, -0.15) is 0 Å². The predicted octanol–water partition coefficient (Wildman–Crippen LogP) is 3.73. The van der Waals surface area contributed by atoms with Crippen LogP contribution in [0.1, 0.15) is 24.8 Å². The molecule has 0 saturated carbocycles. The zero-order valence-corrected chi connectivity index (χ0v) is 16.9. The molecular formula is C22H29N3OS. The number of likely N-dealkylation sites (tertiary alicyclic amines) is 1. The van der Waals surface area contributed by atoms with Crippen molar-refractivity contribution in [1.29, 1.82) is 0 Å². The molecular weight excluding hydrogens is 354 g/mol. The van der Waals surface area contributed by atoms with Gasteiger partial charge in [-0.05, 0) is 56.5 Å². The van der Waals surface area contributed by atoms with Crippen LogP contribution in [0.2, 0.25) is 0 Å². The molecule has 5 heteroatoms. The van der Waals surface area contributed by atoms with Gasteiger partial charge < -0.3 is 9.80 Å². The minimum atomic E-state index is 0.216. The number of nitrogens with zero attached hydrogens (tertiary/aromatic N) is 3. The number of pyridine rings is 1. The fourth-order valence-electron chi connectivity index (χ4n) is 3.59. The molecule has 1 atom stereocenters. The molecule has 0 radical (unpaired) electrons. The van der Waals surface area contributed by atoms with E-state index < -0.39 is 0 Å². The lowest BCUT2D eigenvalue weighted by atomic mass is 10.0. The van der Waals surface area contributed by atoms with Crippen LogP contribution in [0.3, 0.4) is 0 Å². The Bertz CT molecular complexity index is 695. The lowest BCUT2D eigenvalue weighted by Crippen LogP contribution is -2.49. The SMILES string of the molecule is CN(C(=O)CSc1ccncc1)[C@H]1CCCN(CCCc2ccccc2)C1. The molecule has 0 spiro atoms. The van der Waals surface area contributed by atoms with Crippen LogP contribution in [0, 0.1) is 0 Å². The first-order valence-corrected chi connectivity index (χ1v) is 10.8. The molecule has 1 saturated heterocycles. The summed E-state index contributed by atoms with van der Waals surface area (Å²) in [6, 6.07) is 14.9. The monoisotopic (exact) mass is 383 g/mol. The first kappa shape index (κ1) is 19.9. The van der Waals surface area contributed by atoms with Crippen LogP contribution in [0.15, 0.2) is 59.8 Å². The number of rotatable bonds is 8. The van der Waals surface area contributed by atoms with Crippen molar-refractivity contribution in [2.24, 2.45) is 0 Å². The number of hydrogen-bond acceptors (Lipinski definition) is 4. The highest BCUT2D eigenvalue weighted by atomic mass is 32.2. The number of carbonyl (C=O) groups is 1. The third-order valence-electron chi connectivity index (χ3n) is 5.22. The molecule has 1 aromatic heterocycles. The molecule has 1 fully saturated rings. The molecule has 3 rings (SSSR count). The summed E-state index contributed by atoms with van der Waals surface area (Å²) < 4.78 is 0. The predicted molar refractivity (Wildman–Crippen MR) is 112 cm³/mol. The molecule has 0 bridgehead atoms. The summed E-state index contributed by atoms with van der Waals surface area (Å²) in [6.45, 7) is 3.26. The van der Waals surface area contributed by atoms with Gasteiger partial charge in [0.05, 0.1) is 5.75 Å². The molecule has 0 unspecified atom stereocenters. The standard InChI is InChI=1S/C22H29N3OS/c1-24(22(26)18-27-21-11-13-23-14-12-21)20-10-6-16-25(17-20)15-5-9-19-7-3-2-4-8-19/h2-4,7-8,11-14,20H,5-6,9-10,15-18H2,1H3/t20-/m0/s1. The fraction of sp³-hybridized carbons (Fsp3) is 0.455. The molecule has 1 amide bonds. The molecule has 0 N–H and O–H groups in total. The Labute approximate surface area is 167 Å². The average Bonchev–Trinajstić information content (AvgIpc) is 2.73. The van der Waals surface area contributed by atoms with Gasteiger partial charge in [-0.15, -0.1) is 11.8 Å². The molecule has 4 nitrogen and oxygen atoms in total. The maximum atomic E-state index is 12.6. The first-order valence-electron chi connectivity index (χ1n) is 9.77. The van der Waals surface area contributed by atoms with Gasteiger partial charge in [0.25, 0.3) is 0 Å². The lowest BCUT2D eigenvalue weighted by molar-refractivity contribution is -0.130. The third kappa shape index (κ3) is 6.36. The number of amides is 1. The van der Waals surface area contributed by atoms with Crippen LogP contribution in [0.4, 0.5) is 0 Å². The summed E-state index contributed by atoms with van der Waals surface area (Å²) in [6.07, 6.45) is 8.12. The number of hydrogen-bond donors (Lipinski definition) is 0. The van der Waals surface area contributed by atoms with Crippen molar-refractivity contribution in [2.75, 3.05) is 32.4 Å². The van der Waals surface area contributed by atoms with E-state index in [-0.39, 0.29) is 5.91 Å². The number of benzene rings is 1. The van der Waals surface area contributed by atoms with Gasteiger partial charge in [-0.25, -0.2) is 0 Å². The summed E-state index contributed by atoms with van der Waals surface area (Å²) in [5.74, 6) is 0.707. The Morgan fingerprint density at radius 3 is 2.78 bits per heavy atom. The van der Waals surface area contributed by atoms with Gasteiger partial charge in [0.2, 0.25) is 5.91 Å². The van der Waals surface area contributed by atoms with Crippen molar-refractivity contribution < 1.29 is 4.79 Å². The van der Waals surface area contributed by atoms with E-state index in [1.165, 1.54) is 18.4 Å². The van der Waals surface area contributed by atoms with Gasteiger partial charge in [0.1, 0.15) is 0 Å². The van der Waals surface area contributed by atoms with E-state index in [0.29, 0.717) is 11.8 Å². The largest absolute Gasteiger partial charge is 0.341 e. The summed E-state index contributed by atoms with van der Waals surface area (Å²) in [7, 11) is 1.97. The van der Waals surface area contributed by atoms with Crippen molar-refractivity contribution >= 4 is 17.7 Å². The van der Waals surface area contributed by atoms with E-state index in [4.69, 9.17) is 0 Å². The summed E-state index contributed by atoms with van der Waals surface area (Å²) >= 11 is 1.59. The Balaban J connectivity index is 1.41. The van der Waals surface area contributed by atoms with E-state index in [0.717, 1.165) is 37.4 Å². The van der Waals surface area contributed by atoms with Gasteiger partial charge >= 0.3 is 0 Å². The minimum absolute atomic E-state index is 0.216. The third-order valence-corrected chi connectivity index (χ3v) is 6.21. The van der Waals surface area contributed by atoms with Crippen LogP contribution in [-0.2, 0) is 11.2 Å². The average molecular weight is 384 g/mol. The molecule has 27 heavy (non-hydrogen) atoms. The molecule has 2 aromatic rings.